The van der Waals surface area contributed by atoms with E-state index in [1.807, 2.05) is 0 Å². The number of benzene rings is 2. The molecule has 126 valence electrons. The predicted octanol–water partition coefficient (Wildman–Crippen LogP) is 3.18. The van der Waals surface area contributed by atoms with E-state index in [4.69, 9.17) is 11.6 Å². The molecule has 25 heavy (non-hydrogen) atoms. The Morgan fingerprint density at radius 1 is 1.04 bits per heavy atom. The van der Waals surface area contributed by atoms with Crippen LogP contribution in [0.5, 0.6) is 0 Å². The molecule has 0 heterocycles. The van der Waals surface area contributed by atoms with Crippen molar-refractivity contribution < 1.29 is 18.1 Å². The molecule has 9 heteroatoms. The average Bonchev–Trinajstić information content (AvgIpc) is 2.57. The van der Waals surface area contributed by atoms with Gasteiger partial charge in [-0.3, -0.25) is 14.9 Å². The lowest BCUT2D eigenvalue weighted by Gasteiger charge is -2.11. The second-order valence-electron chi connectivity index (χ2n) is 5.07. The Morgan fingerprint density at radius 3 is 2.40 bits per heavy atom. The fourth-order valence-electron chi connectivity index (χ4n) is 2.31. The van der Waals surface area contributed by atoms with E-state index in [-0.39, 0.29) is 21.4 Å². The van der Waals surface area contributed by atoms with Gasteiger partial charge in [-0.25, -0.2) is 0 Å². The molecule has 0 saturated heterocycles. The molecule has 0 fully saturated rings. The zero-order valence-electron chi connectivity index (χ0n) is 12.4. The Kier molecular flexibility index (Phi) is 4.23. The van der Waals surface area contributed by atoms with Gasteiger partial charge in [0, 0.05) is 17.2 Å². The van der Waals surface area contributed by atoms with Crippen LogP contribution in [-0.4, -0.2) is 24.8 Å². The van der Waals surface area contributed by atoms with Gasteiger partial charge in [0.15, 0.2) is 5.78 Å². The molecule has 0 spiro atoms. The van der Waals surface area contributed by atoms with Gasteiger partial charge in [0.2, 0.25) is 0 Å². The third-order valence-corrected chi connectivity index (χ3v) is 5.10. The summed E-state index contributed by atoms with van der Waals surface area (Å²) in [5.41, 5.74) is 0.258. The van der Waals surface area contributed by atoms with Gasteiger partial charge in [-0.2, -0.15) is 12.8 Å². The second kappa shape index (κ2) is 6.23. The molecule has 0 radical (unpaired) electrons. The highest BCUT2D eigenvalue weighted by molar-refractivity contribution is 7.90. The number of nitrogens with zero attached hydrogens (tertiary/aromatic N) is 2. The van der Waals surface area contributed by atoms with Crippen molar-refractivity contribution in [1.29, 1.82) is 0 Å². The lowest BCUT2D eigenvalue weighted by atomic mass is 9.95. The third-order valence-electron chi connectivity index (χ3n) is 3.49. The van der Waals surface area contributed by atoms with Crippen LogP contribution in [0.2, 0.25) is 5.02 Å². The number of carbonyl (C=O) groups excluding carboxylic acids is 1. The summed E-state index contributed by atoms with van der Waals surface area (Å²) in [6.45, 7) is 0. The number of nitro benzene ring substituents is 1. The Hall–Kier alpha value is -2.84. The molecule has 0 aromatic heterocycles. The van der Waals surface area contributed by atoms with Crippen molar-refractivity contribution in [2.75, 3.05) is 0 Å². The van der Waals surface area contributed by atoms with E-state index in [9.17, 15) is 23.3 Å². The molecular weight excluding hydrogens is 368 g/mol. The van der Waals surface area contributed by atoms with Crippen molar-refractivity contribution in [3.05, 3.63) is 80.9 Å². The molecule has 0 unspecified atom stereocenters. The molecule has 2 aromatic rings. The number of allylic oxidation sites excluding steroid dienone is 2. The van der Waals surface area contributed by atoms with E-state index < -0.39 is 20.6 Å². The topological polar surface area (TPSA) is 107 Å². The van der Waals surface area contributed by atoms with Gasteiger partial charge >= 0.3 is 0 Å². The van der Waals surface area contributed by atoms with Crippen molar-refractivity contribution in [2.24, 2.45) is 4.40 Å². The van der Waals surface area contributed by atoms with Crippen LogP contribution in [0.4, 0.5) is 5.69 Å². The number of hydrogen-bond donors (Lipinski definition) is 0. The Balaban J connectivity index is 2.12. The normalized spacial score (nSPS) is 15.2. The van der Waals surface area contributed by atoms with Crippen LogP contribution >= 0.6 is 11.6 Å². The van der Waals surface area contributed by atoms with E-state index in [1.165, 1.54) is 12.2 Å². The van der Waals surface area contributed by atoms with E-state index in [2.05, 4.69) is 4.40 Å². The highest BCUT2D eigenvalue weighted by atomic mass is 35.5. The van der Waals surface area contributed by atoms with Crippen molar-refractivity contribution in [2.45, 2.75) is 4.90 Å². The second-order valence-corrected chi connectivity index (χ2v) is 7.08. The number of ketones is 1. The average molecular weight is 377 g/mol. The SMILES string of the molecule is O=C1C=C/C(=N\S(=O)(=O)c2ccc(Cl)c([N+](=O)[O-])c2)c2ccccc21. The van der Waals surface area contributed by atoms with Crippen LogP contribution in [0.25, 0.3) is 0 Å². The highest BCUT2D eigenvalue weighted by Gasteiger charge is 2.23. The largest absolute Gasteiger partial charge is 0.289 e. The minimum Gasteiger partial charge on any atom is -0.289 e. The summed E-state index contributed by atoms with van der Waals surface area (Å²) in [5, 5.41) is 10.8. The molecule has 0 N–H and O–H groups in total. The zero-order valence-corrected chi connectivity index (χ0v) is 14.0. The molecular formula is C16H9ClN2O5S. The standard InChI is InChI=1S/C16H9ClN2O5S/c17-13-6-5-10(9-15(13)19(21)22)25(23,24)18-14-7-8-16(20)12-4-2-1-3-11(12)14/h1-9H/b18-14+. The number of sulfonamides is 1. The predicted molar refractivity (Wildman–Crippen MR) is 91.7 cm³/mol. The summed E-state index contributed by atoms with van der Waals surface area (Å²) < 4.78 is 28.7. The van der Waals surface area contributed by atoms with Crippen molar-refractivity contribution >= 4 is 38.8 Å². The molecule has 0 aliphatic heterocycles. The number of fused-ring (bicyclic) bond motifs is 1. The maximum absolute atomic E-state index is 12.5. The monoisotopic (exact) mass is 376 g/mol. The van der Waals surface area contributed by atoms with Gasteiger partial charge in [-0.1, -0.05) is 35.9 Å². The van der Waals surface area contributed by atoms with Crippen molar-refractivity contribution in [1.82, 2.24) is 0 Å². The summed E-state index contributed by atoms with van der Waals surface area (Å²) in [7, 11) is -4.23. The minimum atomic E-state index is -4.23. The quantitative estimate of drug-likeness (QED) is 0.604. The molecule has 1 aliphatic rings. The molecule has 0 bridgehead atoms. The lowest BCUT2D eigenvalue weighted by molar-refractivity contribution is -0.384. The van der Waals surface area contributed by atoms with E-state index in [1.54, 1.807) is 24.3 Å². The Labute approximate surface area is 147 Å². The Morgan fingerprint density at radius 2 is 1.72 bits per heavy atom. The number of rotatable bonds is 3. The lowest BCUT2D eigenvalue weighted by Crippen LogP contribution is -2.14. The fourth-order valence-corrected chi connectivity index (χ4v) is 3.52. The van der Waals surface area contributed by atoms with Crippen LogP contribution in [0.15, 0.2) is 63.9 Å². The van der Waals surface area contributed by atoms with Gasteiger partial charge in [0.1, 0.15) is 5.02 Å². The first-order valence-electron chi connectivity index (χ1n) is 6.90. The number of nitro groups is 1. The van der Waals surface area contributed by atoms with Crippen LogP contribution in [0.3, 0.4) is 0 Å². The number of halogens is 1. The first-order chi connectivity index (χ1) is 11.8. The third kappa shape index (κ3) is 3.21. The molecule has 0 atom stereocenters. The summed E-state index contributed by atoms with van der Waals surface area (Å²) in [6.07, 6.45) is 2.52. The van der Waals surface area contributed by atoms with Crippen LogP contribution in [0.1, 0.15) is 15.9 Å². The first kappa shape index (κ1) is 17.0. The van der Waals surface area contributed by atoms with E-state index >= 15 is 0 Å². The van der Waals surface area contributed by atoms with Crippen LogP contribution in [-0.2, 0) is 10.0 Å². The highest BCUT2D eigenvalue weighted by Crippen LogP contribution is 2.28. The van der Waals surface area contributed by atoms with Gasteiger partial charge in [0.25, 0.3) is 15.7 Å². The maximum atomic E-state index is 12.5. The van der Waals surface area contributed by atoms with Crippen LogP contribution in [0, 0.1) is 10.1 Å². The Bertz CT molecular complexity index is 1070. The van der Waals surface area contributed by atoms with Crippen LogP contribution < -0.4 is 0 Å². The molecule has 1 aliphatic carbocycles. The molecule has 7 nitrogen and oxygen atoms in total. The van der Waals surface area contributed by atoms with Gasteiger partial charge in [-0.05, 0) is 24.3 Å². The fraction of sp³-hybridized carbons (Fsp3) is 0. The van der Waals surface area contributed by atoms with Gasteiger partial charge < -0.3 is 0 Å². The van der Waals surface area contributed by atoms with E-state index in [0.29, 0.717) is 11.1 Å². The minimum absolute atomic E-state index is 0.0767. The maximum Gasteiger partial charge on any atom is 0.289 e. The summed E-state index contributed by atoms with van der Waals surface area (Å²) >= 11 is 5.70. The summed E-state index contributed by atoms with van der Waals surface area (Å²) in [6, 6.07) is 9.57. The van der Waals surface area contributed by atoms with Crippen molar-refractivity contribution in [3.8, 4) is 0 Å². The van der Waals surface area contributed by atoms with Gasteiger partial charge in [0.05, 0.1) is 15.5 Å². The summed E-state index contributed by atoms with van der Waals surface area (Å²) in [5.74, 6) is -0.255. The first-order valence-corrected chi connectivity index (χ1v) is 8.72. The number of carbonyl (C=O) groups is 1. The number of hydrogen-bond acceptors (Lipinski definition) is 5. The molecule has 0 amide bonds. The molecule has 0 saturated carbocycles. The summed E-state index contributed by atoms with van der Waals surface area (Å²) in [4.78, 5) is 21.6. The molecule has 2 aromatic carbocycles. The van der Waals surface area contributed by atoms with E-state index in [0.717, 1.165) is 18.2 Å². The zero-order chi connectivity index (χ0) is 18.2. The smallest absolute Gasteiger partial charge is 0.289 e. The molecule has 3 rings (SSSR count). The van der Waals surface area contributed by atoms with Gasteiger partial charge in [-0.15, -0.1) is 0 Å². The van der Waals surface area contributed by atoms with Crippen molar-refractivity contribution in [3.63, 3.8) is 0 Å².